The van der Waals surface area contributed by atoms with Crippen molar-refractivity contribution in [2.75, 3.05) is 13.2 Å². The topological polar surface area (TPSA) is 120 Å². The normalized spacial score (nSPS) is 26.0. The van der Waals surface area contributed by atoms with Crippen LogP contribution in [-0.2, 0) is 87.1 Å². The minimum absolute atomic E-state index is 0.116. The van der Waals surface area contributed by atoms with Crippen LogP contribution in [0.1, 0.15) is 39.8 Å². The van der Waals surface area contributed by atoms with Gasteiger partial charge < -0.3 is 47.7 Å². The number of hydrogen-bond donors (Lipinski definition) is 1. The number of hydrogen-bond acceptors (Lipinski definition) is 10. The van der Waals surface area contributed by atoms with E-state index >= 15 is 0 Å². The summed E-state index contributed by atoms with van der Waals surface area (Å²) in [6.45, 7) is 1.86. The van der Waals surface area contributed by atoms with Crippen LogP contribution in [0.2, 0.25) is 0 Å². The van der Waals surface area contributed by atoms with Gasteiger partial charge in [0, 0.05) is 11.8 Å². The van der Waals surface area contributed by atoms with E-state index < -0.39 is 72.9 Å². The average molecular weight is 921 g/mol. The van der Waals surface area contributed by atoms with Crippen LogP contribution in [0.15, 0.2) is 182 Å². The molecule has 2 bridgehead atoms. The van der Waals surface area contributed by atoms with Gasteiger partial charge in [0.05, 0.1) is 71.5 Å². The molecule has 11 nitrogen and oxygen atoms in total. The fourth-order valence-corrected chi connectivity index (χ4v) is 9.67. The van der Waals surface area contributed by atoms with E-state index in [0.717, 1.165) is 33.4 Å². The van der Waals surface area contributed by atoms with Crippen LogP contribution in [0.3, 0.4) is 0 Å². The Morgan fingerprint density at radius 2 is 0.853 bits per heavy atom. The summed E-state index contributed by atoms with van der Waals surface area (Å²) in [5.74, 6) is -2.43. The fourth-order valence-electron chi connectivity index (χ4n) is 9.67. The van der Waals surface area contributed by atoms with E-state index in [0.29, 0.717) is 6.61 Å². The molecule has 6 aromatic rings. The number of carbonyl (C=O) groups is 1. The van der Waals surface area contributed by atoms with Gasteiger partial charge in [0.25, 0.3) is 0 Å². The van der Waals surface area contributed by atoms with Crippen LogP contribution < -0.4 is 0 Å². The number of fused-ring (bicyclic) bond motifs is 2. The second-order valence-electron chi connectivity index (χ2n) is 17.7. The Hall–Kier alpha value is -5.57. The molecule has 0 aromatic heterocycles. The molecule has 3 fully saturated rings. The summed E-state index contributed by atoms with van der Waals surface area (Å²) in [4.78, 5) is 13.5. The third-order valence-electron chi connectivity index (χ3n) is 12.9. The minimum atomic E-state index is -1.01. The smallest absolute Gasteiger partial charge is 0.303 e. The fraction of sp³-hybridized carbons (Fsp3) is 0.351. The van der Waals surface area contributed by atoms with Crippen molar-refractivity contribution in [2.24, 2.45) is 11.8 Å². The van der Waals surface area contributed by atoms with E-state index in [-0.39, 0.29) is 52.7 Å². The van der Waals surface area contributed by atoms with Gasteiger partial charge in [0.1, 0.15) is 36.6 Å². The highest BCUT2D eigenvalue weighted by Gasteiger charge is 2.60. The lowest BCUT2D eigenvalue weighted by molar-refractivity contribution is -0.301. The van der Waals surface area contributed by atoms with Gasteiger partial charge in [-0.1, -0.05) is 182 Å². The van der Waals surface area contributed by atoms with Crippen LogP contribution in [0.25, 0.3) is 0 Å². The number of benzene rings is 6. The number of aliphatic carboxylic acids is 1. The Kier molecular flexibility index (Phi) is 16.8. The van der Waals surface area contributed by atoms with Gasteiger partial charge >= 0.3 is 5.97 Å². The monoisotopic (exact) mass is 920 g/mol. The highest BCUT2D eigenvalue weighted by atomic mass is 16.8. The maximum absolute atomic E-state index is 13.5. The molecular formula is C57H60O11. The molecule has 3 heterocycles. The van der Waals surface area contributed by atoms with Crippen molar-refractivity contribution in [2.45, 2.75) is 101 Å². The summed E-state index contributed by atoms with van der Waals surface area (Å²) < 4.78 is 61.9. The first-order valence-electron chi connectivity index (χ1n) is 23.6. The highest BCUT2D eigenvalue weighted by molar-refractivity contribution is 5.67. The Morgan fingerprint density at radius 3 is 1.29 bits per heavy atom. The van der Waals surface area contributed by atoms with Crippen molar-refractivity contribution >= 4 is 5.97 Å². The summed E-state index contributed by atoms with van der Waals surface area (Å²) in [5.41, 5.74) is 5.78. The van der Waals surface area contributed by atoms with Crippen LogP contribution in [0, 0.1) is 11.8 Å². The van der Waals surface area contributed by atoms with E-state index in [1.165, 1.54) is 0 Å². The van der Waals surface area contributed by atoms with Gasteiger partial charge in [-0.3, -0.25) is 4.79 Å². The molecule has 354 valence electrons. The van der Waals surface area contributed by atoms with E-state index in [4.69, 9.17) is 42.6 Å². The zero-order valence-electron chi connectivity index (χ0n) is 38.1. The summed E-state index contributed by atoms with van der Waals surface area (Å²) >= 11 is 0. The molecule has 11 heteroatoms. The van der Waals surface area contributed by atoms with Crippen molar-refractivity contribution in [3.8, 4) is 0 Å². The van der Waals surface area contributed by atoms with Gasteiger partial charge in [-0.05, 0) is 33.4 Å². The van der Waals surface area contributed by atoms with E-state index in [2.05, 4.69) is 0 Å². The zero-order chi connectivity index (χ0) is 46.3. The zero-order valence-corrected chi connectivity index (χ0v) is 38.1. The average Bonchev–Trinajstić information content (AvgIpc) is 3.82. The van der Waals surface area contributed by atoms with Crippen molar-refractivity contribution < 1.29 is 52.5 Å². The highest BCUT2D eigenvalue weighted by Crippen LogP contribution is 2.46. The number of carboxylic acids is 1. The molecule has 6 aromatic carbocycles. The quantitative estimate of drug-likeness (QED) is 0.0662. The molecule has 0 radical (unpaired) electrons. The molecule has 1 unspecified atom stereocenters. The molecule has 0 aliphatic carbocycles. The van der Waals surface area contributed by atoms with Crippen LogP contribution >= 0.6 is 0 Å². The van der Waals surface area contributed by atoms with Gasteiger partial charge in [0.15, 0.2) is 6.29 Å². The summed E-state index contributed by atoms with van der Waals surface area (Å²) in [6.07, 6.45) is -7.04. The molecule has 0 amide bonds. The predicted octanol–water partition coefficient (Wildman–Crippen LogP) is 9.36. The number of ether oxygens (including phenoxy) is 9. The molecule has 68 heavy (non-hydrogen) atoms. The molecule has 0 saturated carbocycles. The summed E-state index contributed by atoms with van der Waals surface area (Å²) in [7, 11) is 0. The SMILES string of the molecule is O=C(O)CC([C@H]1[C@H](OCc2ccccc2)[C@@H]2OC[C@@H](O2)[C@@H]1OCc1ccccc1)[C@H]1O[C@H](COCc2ccccc2)[C@@H](OCc2ccccc2)[C@@H](OCc2ccccc2)[C@H]1OCc1ccccc1. The lowest BCUT2D eigenvalue weighted by Gasteiger charge is -2.52. The minimum Gasteiger partial charge on any atom is -0.481 e. The molecule has 11 atom stereocenters. The van der Waals surface area contributed by atoms with E-state index in [9.17, 15) is 9.90 Å². The van der Waals surface area contributed by atoms with Crippen molar-refractivity contribution in [3.05, 3.63) is 215 Å². The van der Waals surface area contributed by atoms with Gasteiger partial charge in [-0.2, -0.15) is 0 Å². The Labute approximate surface area is 398 Å². The Bertz CT molecular complexity index is 2320. The maximum atomic E-state index is 13.5. The molecule has 3 saturated heterocycles. The van der Waals surface area contributed by atoms with Crippen LogP contribution in [0.4, 0.5) is 0 Å². The lowest BCUT2D eigenvalue weighted by atomic mass is 9.72. The van der Waals surface area contributed by atoms with E-state index in [1.54, 1.807) is 0 Å². The second-order valence-corrected chi connectivity index (χ2v) is 17.7. The molecular weight excluding hydrogens is 861 g/mol. The van der Waals surface area contributed by atoms with Crippen LogP contribution in [-0.4, -0.2) is 79.4 Å². The third kappa shape index (κ3) is 12.5. The first-order valence-corrected chi connectivity index (χ1v) is 23.6. The first-order chi connectivity index (χ1) is 33.6. The largest absolute Gasteiger partial charge is 0.481 e. The Balaban J connectivity index is 1.14. The third-order valence-corrected chi connectivity index (χ3v) is 12.9. The van der Waals surface area contributed by atoms with E-state index in [1.807, 2.05) is 182 Å². The lowest BCUT2D eigenvalue weighted by Crippen LogP contribution is -2.66. The summed E-state index contributed by atoms with van der Waals surface area (Å²) in [6, 6.07) is 59.6. The standard InChI is InChI=1S/C57H60O11/c58-49(59)31-46(50-52(61-33-41-21-9-2-10-22-41)48-39-66-57(68-48)54(50)63-35-43-25-13-4-14-26-43)51-55(64-36-44-27-15-5-16-28-44)56(65-37-45-29-17-6-18-30-45)53(62-34-42-23-11-3-12-24-42)47(67-51)38-60-32-40-19-7-1-8-20-40/h1-30,46-48,50-57H,31-39H2,(H,58,59)/t46?,47-,48-,50-,51-,52+,53-,54+,55+,56-,57-/m1/s1. The molecule has 3 aliphatic heterocycles. The Morgan fingerprint density at radius 1 is 0.471 bits per heavy atom. The number of rotatable bonds is 23. The van der Waals surface area contributed by atoms with Crippen LogP contribution in [0.5, 0.6) is 0 Å². The second kappa shape index (κ2) is 24.1. The molecule has 1 N–H and O–H groups in total. The molecule has 0 spiro atoms. The summed E-state index contributed by atoms with van der Waals surface area (Å²) in [5, 5.41) is 11.1. The predicted molar refractivity (Wildman–Crippen MR) is 254 cm³/mol. The van der Waals surface area contributed by atoms with Crippen molar-refractivity contribution in [3.63, 3.8) is 0 Å². The number of carboxylic acid groups (broad SMARTS) is 1. The van der Waals surface area contributed by atoms with Gasteiger partial charge in [-0.15, -0.1) is 0 Å². The maximum Gasteiger partial charge on any atom is 0.303 e. The van der Waals surface area contributed by atoms with Crippen molar-refractivity contribution in [1.82, 2.24) is 0 Å². The van der Waals surface area contributed by atoms with Gasteiger partial charge in [-0.25, -0.2) is 0 Å². The first kappa shape index (κ1) is 47.5. The van der Waals surface area contributed by atoms with Crippen molar-refractivity contribution in [1.29, 1.82) is 0 Å². The molecule has 9 rings (SSSR count). The molecule has 3 aliphatic rings. The van der Waals surface area contributed by atoms with Gasteiger partial charge in [0.2, 0.25) is 0 Å².